The number of likely N-dealkylation sites (N-methyl/N-ethyl adjacent to an activating group) is 1. The van der Waals surface area contributed by atoms with Crippen molar-refractivity contribution in [3.63, 3.8) is 0 Å². The van der Waals surface area contributed by atoms with Crippen molar-refractivity contribution in [3.05, 3.63) is 63.8 Å². The van der Waals surface area contributed by atoms with Crippen LogP contribution < -0.4 is 0 Å². The van der Waals surface area contributed by atoms with Crippen molar-refractivity contribution in [3.8, 4) is 10.6 Å². The molecule has 0 spiro atoms. The van der Waals surface area contributed by atoms with Crippen LogP contribution in [-0.2, 0) is 16.1 Å². The van der Waals surface area contributed by atoms with Gasteiger partial charge in [0, 0.05) is 29.4 Å². The van der Waals surface area contributed by atoms with Gasteiger partial charge in [0.1, 0.15) is 5.01 Å². The zero-order chi connectivity index (χ0) is 18.4. The van der Waals surface area contributed by atoms with Crippen LogP contribution in [0.25, 0.3) is 10.6 Å². The zero-order valence-electron chi connectivity index (χ0n) is 14.3. The molecule has 134 valence electrons. The number of aromatic nitrogens is 1. The third-order valence-corrected chi connectivity index (χ3v) is 5.33. The Bertz CT molecular complexity index is 860. The number of thiophene rings is 1. The molecule has 3 rings (SSSR count). The summed E-state index contributed by atoms with van der Waals surface area (Å²) in [5, 5.41) is 6.35. The number of amides is 1. The van der Waals surface area contributed by atoms with E-state index in [1.807, 2.05) is 54.1 Å². The van der Waals surface area contributed by atoms with Crippen LogP contribution in [0, 0.1) is 0 Å². The summed E-state index contributed by atoms with van der Waals surface area (Å²) in [6.45, 7) is 2.65. The van der Waals surface area contributed by atoms with Crippen molar-refractivity contribution in [2.75, 3.05) is 13.2 Å². The molecule has 0 aliphatic heterocycles. The van der Waals surface area contributed by atoms with E-state index in [1.54, 1.807) is 21.6 Å². The monoisotopic (exact) mass is 386 g/mol. The number of hydrogen-bond acceptors (Lipinski definition) is 6. The molecule has 0 N–H and O–H groups in total. The molecular formula is C19H18N2O3S2. The molecule has 0 radical (unpaired) electrons. The first-order valence-corrected chi connectivity index (χ1v) is 9.96. The van der Waals surface area contributed by atoms with Crippen LogP contribution in [0.2, 0.25) is 0 Å². The standard InChI is InChI=1S/C19H18N2O3S2/c1-2-21(10-14-6-4-3-5-7-14)17(22)11-24-19(23)16-13-26-18(20-16)15-8-9-25-12-15/h3-9,12-13H,2,10-11H2,1H3. The minimum Gasteiger partial charge on any atom is -0.451 e. The largest absolute Gasteiger partial charge is 0.451 e. The molecule has 1 amide bonds. The third-order valence-electron chi connectivity index (χ3n) is 3.76. The Balaban J connectivity index is 1.55. The molecule has 2 heterocycles. The summed E-state index contributed by atoms with van der Waals surface area (Å²) in [6.07, 6.45) is 0. The van der Waals surface area contributed by atoms with Crippen LogP contribution in [-0.4, -0.2) is 34.9 Å². The molecular weight excluding hydrogens is 368 g/mol. The van der Waals surface area contributed by atoms with Crippen molar-refractivity contribution >= 4 is 34.6 Å². The number of carbonyl (C=O) groups is 2. The minimum absolute atomic E-state index is 0.224. The number of ether oxygens (including phenoxy) is 1. The van der Waals surface area contributed by atoms with E-state index >= 15 is 0 Å². The Kier molecular flexibility index (Phi) is 6.14. The molecule has 0 aliphatic carbocycles. The fourth-order valence-corrected chi connectivity index (χ4v) is 3.86. The van der Waals surface area contributed by atoms with Gasteiger partial charge in [0.15, 0.2) is 12.3 Å². The highest BCUT2D eigenvalue weighted by Crippen LogP contribution is 2.25. The van der Waals surface area contributed by atoms with Gasteiger partial charge in [-0.2, -0.15) is 11.3 Å². The lowest BCUT2D eigenvalue weighted by Crippen LogP contribution is -2.34. The van der Waals surface area contributed by atoms with E-state index < -0.39 is 5.97 Å². The lowest BCUT2D eigenvalue weighted by Gasteiger charge is -2.20. The molecule has 3 aromatic rings. The topological polar surface area (TPSA) is 59.5 Å². The van der Waals surface area contributed by atoms with Gasteiger partial charge in [0.2, 0.25) is 0 Å². The van der Waals surface area contributed by atoms with Gasteiger partial charge in [-0.05, 0) is 23.9 Å². The summed E-state index contributed by atoms with van der Waals surface area (Å²) in [5.41, 5.74) is 2.25. The molecule has 2 aromatic heterocycles. The summed E-state index contributed by atoms with van der Waals surface area (Å²) in [4.78, 5) is 30.4. The second-order valence-corrected chi connectivity index (χ2v) is 7.16. The quantitative estimate of drug-likeness (QED) is 0.574. The van der Waals surface area contributed by atoms with Gasteiger partial charge in [-0.15, -0.1) is 11.3 Å². The summed E-state index contributed by atoms with van der Waals surface area (Å²) in [7, 11) is 0. The SMILES string of the molecule is CCN(Cc1ccccc1)C(=O)COC(=O)c1csc(-c2ccsc2)n1. The van der Waals surface area contributed by atoms with Crippen LogP contribution >= 0.6 is 22.7 Å². The number of esters is 1. The highest BCUT2D eigenvalue weighted by molar-refractivity contribution is 7.14. The van der Waals surface area contributed by atoms with Crippen LogP contribution in [0.4, 0.5) is 0 Å². The van der Waals surface area contributed by atoms with Crippen LogP contribution in [0.1, 0.15) is 23.0 Å². The number of rotatable bonds is 7. The molecule has 7 heteroatoms. The average molecular weight is 386 g/mol. The second kappa shape index (κ2) is 8.73. The molecule has 26 heavy (non-hydrogen) atoms. The van der Waals surface area contributed by atoms with Crippen LogP contribution in [0.5, 0.6) is 0 Å². The van der Waals surface area contributed by atoms with Crippen molar-refractivity contribution < 1.29 is 14.3 Å². The maximum atomic E-state index is 12.3. The third kappa shape index (κ3) is 4.56. The van der Waals surface area contributed by atoms with E-state index in [0.29, 0.717) is 13.1 Å². The van der Waals surface area contributed by atoms with E-state index in [2.05, 4.69) is 4.98 Å². The van der Waals surface area contributed by atoms with Gasteiger partial charge in [0.25, 0.3) is 5.91 Å². The summed E-state index contributed by atoms with van der Waals surface area (Å²) in [6, 6.07) is 11.7. The predicted molar refractivity (Wildman–Crippen MR) is 103 cm³/mol. The maximum Gasteiger partial charge on any atom is 0.358 e. The van der Waals surface area contributed by atoms with Crippen molar-refractivity contribution in [2.45, 2.75) is 13.5 Å². The maximum absolute atomic E-state index is 12.3. The fraction of sp³-hybridized carbons (Fsp3) is 0.211. The number of carbonyl (C=O) groups excluding carboxylic acids is 2. The van der Waals surface area contributed by atoms with Crippen molar-refractivity contribution in [2.24, 2.45) is 0 Å². The lowest BCUT2D eigenvalue weighted by molar-refractivity contribution is -0.134. The first kappa shape index (κ1) is 18.3. The van der Waals surface area contributed by atoms with Crippen molar-refractivity contribution in [1.29, 1.82) is 0 Å². The smallest absolute Gasteiger partial charge is 0.358 e. The number of nitrogens with zero attached hydrogens (tertiary/aromatic N) is 2. The normalized spacial score (nSPS) is 10.5. The average Bonchev–Trinajstić information content (AvgIpc) is 3.36. The summed E-state index contributed by atoms with van der Waals surface area (Å²) in [5.74, 6) is -0.801. The van der Waals surface area contributed by atoms with Gasteiger partial charge < -0.3 is 9.64 Å². The molecule has 0 aliphatic rings. The number of thiazole rings is 1. The molecule has 0 saturated carbocycles. The summed E-state index contributed by atoms with van der Waals surface area (Å²) < 4.78 is 5.16. The highest BCUT2D eigenvalue weighted by Gasteiger charge is 2.18. The molecule has 0 fully saturated rings. The van der Waals surface area contributed by atoms with Crippen molar-refractivity contribution in [1.82, 2.24) is 9.88 Å². The molecule has 0 bridgehead atoms. The Morgan fingerprint density at radius 3 is 2.65 bits per heavy atom. The first-order valence-electron chi connectivity index (χ1n) is 8.14. The van der Waals surface area contributed by atoms with Gasteiger partial charge in [0.05, 0.1) is 0 Å². The van der Waals surface area contributed by atoms with E-state index in [-0.39, 0.29) is 18.2 Å². The van der Waals surface area contributed by atoms with Gasteiger partial charge in [-0.3, -0.25) is 4.79 Å². The Hall–Kier alpha value is -2.51. The Morgan fingerprint density at radius 2 is 1.96 bits per heavy atom. The van der Waals surface area contributed by atoms with E-state index in [0.717, 1.165) is 16.1 Å². The van der Waals surface area contributed by atoms with E-state index in [4.69, 9.17) is 4.74 Å². The number of benzene rings is 1. The number of hydrogen-bond donors (Lipinski definition) is 0. The molecule has 0 saturated heterocycles. The predicted octanol–water partition coefficient (Wildman–Crippen LogP) is 4.08. The second-order valence-electron chi connectivity index (χ2n) is 5.52. The molecule has 0 unspecified atom stereocenters. The molecule has 1 aromatic carbocycles. The minimum atomic E-state index is -0.577. The van der Waals surface area contributed by atoms with Crippen LogP contribution in [0.15, 0.2) is 52.5 Å². The zero-order valence-corrected chi connectivity index (χ0v) is 15.9. The Morgan fingerprint density at radius 1 is 1.15 bits per heavy atom. The summed E-state index contributed by atoms with van der Waals surface area (Å²) >= 11 is 2.95. The van der Waals surface area contributed by atoms with E-state index in [9.17, 15) is 9.59 Å². The first-order chi connectivity index (χ1) is 12.7. The highest BCUT2D eigenvalue weighted by atomic mass is 32.1. The van der Waals surface area contributed by atoms with Crippen LogP contribution in [0.3, 0.4) is 0 Å². The Labute approximate surface area is 159 Å². The molecule has 5 nitrogen and oxygen atoms in total. The van der Waals surface area contributed by atoms with Gasteiger partial charge in [-0.1, -0.05) is 30.3 Å². The van der Waals surface area contributed by atoms with E-state index in [1.165, 1.54) is 11.3 Å². The van der Waals surface area contributed by atoms with Gasteiger partial charge in [-0.25, -0.2) is 9.78 Å². The fourth-order valence-electron chi connectivity index (χ4n) is 2.36. The lowest BCUT2D eigenvalue weighted by atomic mass is 10.2. The molecule has 0 atom stereocenters. The van der Waals surface area contributed by atoms with Gasteiger partial charge >= 0.3 is 5.97 Å².